The molecule has 0 N–H and O–H groups in total. The highest BCUT2D eigenvalue weighted by atomic mass is 16.5. The number of ketones is 2. The zero-order valence-electron chi connectivity index (χ0n) is 8.64. The second kappa shape index (κ2) is 2.91. The SMILES string of the molecule is CC1(C)COCC(C)(C)C(=O)C1=O. The van der Waals surface area contributed by atoms with Crippen LogP contribution < -0.4 is 0 Å². The third kappa shape index (κ3) is 1.80. The zero-order valence-corrected chi connectivity index (χ0v) is 8.64. The molecule has 0 aromatic heterocycles. The van der Waals surface area contributed by atoms with Gasteiger partial charge in [0.05, 0.1) is 24.0 Å². The summed E-state index contributed by atoms with van der Waals surface area (Å²) < 4.78 is 5.32. The maximum absolute atomic E-state index is 11.7. The van der Waals surface area contributed by atoms with E-state index in [1.54, 1.807) is 27.7 Å². The van der Waals surface area contributed by atoms with Gasteiger partial charge in [0, 0.05) is 0 Å². The van der Waals surface area contributed by atoms with Crippen molar-refractivity contribution in [2.45, 2.75) is 27.7 Å². The molecule has 1 aliphatic heterocycles. The van der Waals surface area contributed by atoms with Crippen LogP contribution in [0.1, 0.15) is 27.7 Å². The maximum Gasteiger partial charge on any atom is 0.206 e. The molecule has 0 atom stereocenters. The maximum atomic E-state index is 11.7. The van der Waals surface area contributed by atoms with Gasteiger partial charge in [-0.25, -0.2) is 0 Å². The summed E-state index contributed by atoms with van der Waals surface area (Å²) in [4.78, 5) is 23.3. The van der Waals surface area contributed by atoms with E-state index >= 15 is 0 Å². The number of carbonyl (C=O) groups is 2. The van der Waals surface area contributed by atoms with E-state index in [0.29, 0.717) is 13.2 Å². The molecule has 13 heavy (non-hydrogen) atoms. The van der Waals surface area contributed by atoms with Crippen molar-refractivity contribution in [2.75, 3.05) is 13.2 Å². The summed E-state index contributed by atoms with van der Waals surface area (Å²) in [6, 6.07) is 0. The predicted molar refractivity (Wildman–Crippen MR) is 48.4 cm³/mol. The Hall–Kier alpha value is -0.700. The van der Waals surface area contributed by atoms with E-state index in [9.17, 15) is 9.59 Å². The van der Waals surface area contributed by atoms with E-state index in [2.05, 4.69) is 0 Å². The van der Waals surface area contributed by atoms with Crippen molar-refractivity contribution in [3.8, 4) is 0 Å². The molecule has 0 radical (unpaired) electrons. The number of carbonyl (C=O) groups excluding carboxylic acids is 2. The zero-order chi connectivity index (χ0) is 10.3. The van der Waals surface area contributed by atoms with Gasteiger partial charge in [-0.2, -0.15) is 0 Å². The predicted octanol–water partition coefficient (Wildman–Crippen LogP) is 1.21. The number of ether oxygens (including phenoxy) is 1. The molecule has 1 fully saturated rings. The number of hydrogen-bond acceptors (Lipinski definition) is 3. The molecule has 3 heteroatoms. The lowest BCUT2D eigenvalue weighted by molar-refractivity contribution is -0.144. The van der Waals surface area contributed by atoms with Crippen LogP contribution >= 0.6 is 0 Å². The Balaban J connectivity index is 3.01. The van der Waals surface area contributed by atoms with Crippen molar-refractivity contribution >= 4 is 11.6 Å². The lowest BCUT2D eigenvalue weighted by Crippen LogP contribution is -2.38. The van der Waals surface area contributed by atoms with Gasteiger partial charge in [0.25, 0.3) is 0 Å². The van der Waals surface area contributed by atoms with Gasteiger partial charge in [-0.05, 0) is 0 Å². The summed E-state index contributed by atoms with van der Waals surface area (Å²) >= 11 is 0. The molecule has 0 amide bonds. The largest absolute Gasteiger partial charge is 0.379 e. The van der Waals surface area contributed by atoms with Crippen LogP contribution in [0.2, 0.25) is 0 Å². The summed E-state index contributed by atoms with van der Waals surface area (Å²) in [7, 11) is 0. The summed E-state index contributed by atoms with van der Waals surface area (Å²) in [6.07, 6.45) is 0. The average molecular weight is 184 g/mol. The summed E-state index contributed by atoms with van der Waals surface area (Å²) in [5.41, 5.74) is -1.32. The Kier molecular flexibility index (Phi) is 2.32. The molecule has 1 saturated heterocycles. The monoisotopic (exact) mass is 184 g/mol. The van der Waals surface area contributed by atoms with E-state index in [1.807, 2.05) is 0 Å². The fraction of sp³-hybridized carbons (Fsp3) is 0.800. The minimum atomic E-state index is -0.662. The summed E-state index contributed by atoms with van der Waals surface area (Å²) in [6.45, 7) is 7.65. The minimum absolute atomic E-state index is 0.310. The summed E-state index contributed by atoms with van der Waals surface area (Å²) in [5, 5.41) is 0. The van der Waals surface area contributed by atoms with Crippen LogP contribution in [0.4, 0.5) is 0 Å². The van der Waals surface area contributed by atoms with Gasteiger partial charge in [-0.3, -0.25) is 9.59 Å². The van der Waals surface area contributed by atoms with E-state index < -0.39 is 10.8 Å². The minimum Gasteiger partial charge on any atom is -0.379 e. The topological polar surface area (TPSA) is 43.4 Å². The van der Waals surface area contributed by atoms with Crippen molar-refractivity contribution in [3.05, 3.63) is 0 Å². The molecule has 0 unspecified atom stereocenters. The second-order valence-corrected chi connectivity index (χ2v) is 4.92. The van der Waals surface area contributed by atoms with Crippen LogP contribution in [0.15, 0.2) is 0 Å². The third-order valence-electron chi connectivity index (χ3n) is 2.36. The van der Waals surface area contributed by atoms with Crippen molar-refractivity contribution in [2.24, 2.45) is 10.8 Å². The molecule has 0 spiro atoms. The molecule has 0 saturated carbocycles. The lowest BCUT2D eigenvalue weighted by Gasteiger charge is -2.20. The van der Waals surface area contributed by atoms with Gasteiger partial charge < -0.3 is 4.74 Å². The molecule has 1 rings (SSSR count). The highest BCUT2D eigenvalue weighted by Gasteiger charge is 2.44. The van der Waals surface area contributed by atoms with Gasteiger partial charge >= 0.3 is 0 Å². The molecule has 0 aliphatic carbocycles. The van der Waals surface area contributed by atoms with E-state index in [1.165, 1.54) is 0 Å². The fourth-order valence-corrected chi connectivity index (χ4v) is 1.31. The van der Waals surface area contributed by atoms with Crippen LogP contribution in [-0.2, 0) is 14.3 Å². The first-order valence-electron chi connectivity index (χ1n) is 4.44. The van der Waals surface area contributed by atoms with Crippen molar-refractivity contribution < 1.29 is 14.3 Å². The molecule has 1 heterocycles. The van der Waals surface area contributed by atoms with Gasteiger partial charge in [-0.1, -0.05) is 27.7 Å². The Morgan fingerprint density at radius 3 is 1.54 bits per heavy atom. The highest BCUT2D eigenvalue weighted by Crippen LogP contribution is 2.29. The summed E-state index contributed by atoms with van der Waals surface area (Å²) in [5.74, 6) is -0.620. The van der Waals surface area contributed by atoms with Crippen LogP contribution in [0.5, 0.6) is 0 Å². The van der Waals surface area contributed by atoms with E-state index in [0.717, 1.165) is 0 Å². The van der Waals surface area contributed by atoms with Gasteiger partial charge in [-0.15, -0.1) is 0 Å². The van der Waals surface area contributed by atoms with Crippen LogP contribution in [-0.4, -0.2) is 24.8 Å². The van der Waals surface area contributed by atoms with Crippen molar-refractivity contribution in [3.63, 3.8) is 0 Å². The molecule has 3 nitrogen and oxygen atoms in total. The Labute approximate surface area is 78.5 Å². The Morgan fingerprint density at radius 1 is 0.923 bits per heavy atom. The lowest BCUT2D eigenvalue weighted by atomic mass is 9.79. The van der Waals surface area contributed by atoms with E-state index in [4.69, 9.17) is 4.74 Å². The van der Waals surface area contributed by atoms with Gasteiger partial charge in [0.2, 0.25) is 11.6 Å². The molecule has 0 aromatic carbocycles. The van der Waals surface area contributed by atoms with Gasteiger partial charge in [0.15, 0.2) is 0 Å². The standard InChI is InChI=1S/C10H16O3/c1-9(2)5-13-6-10(3,4)8(12)7(9)11/h5-6H2,1-4H3. The third-order valence-corrected chi connectivity index (χ3v) is 2.36. The van der Waals surface area contributed by atoms with Crippen molar-refractivity contribution in [1.82, 2.24) is 0 Å². The Bertz CT molecular complexity index is 225. The second-order valence-electron chi connectivity index (χ2n) is 4.92. The Morgan fingerprint density at radius 2 is 1.23 bits per heavy atom. The quantitative estimate of drug-likeness (QED) is 0.531. The number of hydrogen-bond donors (Lipinski definition) is 0. The first-order chi connectivity index (χ1) is 5.77. The first kappa shape index (κ1) is 10.4. The van der Waals surface area contributed by atoms with Gasteiger partial charge in [0.1, 0.15) is 0 Å². The highest BCUT2D eigenvalue weighted by molar-refractivity contribution is 6.40. The molecule has 1 aliphatic rings. The van der Waals surface area contributed by atoms with E-state index in [-0.39, 0.29) is 11.6 Å². The van der Waals surface area contributed by atoms with Crippen LogP contribution in [0.3, 0.4) is 0 Å². The fourth-order valence-electron chi connectivity index (χ4n) is 1.31. The number of Topliss-reactive ketones (excluding diaryl/α,β-unsaturated/α-hetero) is 2. The molecular weight excluding hydrogens is 168 g/mol. The normalized spacial score (nSPS) is 27.1. The average Bonchev–Trinajstić information content (AvgIpc) is 2.04. The van der Waals surface area contributed by atoms with Crippen molar-refractivity contribution in [1.29, 1.82) is 0 Å². The molecular formula is C10H16O3. The van der Waals surface area contributed by atoms with Crippen LogP contribution in [0.25, 0.3) is 0 Å². The molecule has 0 aromatic rings. The first-order valence-corrected chi connectivity index (χ1v) is 4.44. The molecule has 74 valence electrons. The smallest absolute Gasteiger partial charge is 0.206 e. The van der Waals surface area contributed by atoms with Crippen LogP contribution in [0, 0.1) is 10.8 Å². The number of rotatable bonds is 0. The molecule has 0 bridgehead atoms.